The maximum atomic E-state index is 12.2. The third-order valence-electron chi connectivity index (χ3n) is 2.51. The average Bonchev–Trinajstić information content (AvgIpc) is 2.93. The molecule has 0 unspecified atom stereocenters. The molecule has 3 aromatic rings. The van der Waals surface area contributed by atoms with Crippen LogP contribution in [0.5, 0.6) is 0 Å². The van der Waals surface area contributed by atoms with E-state index in [1.165, 1.54) is 15.9 Å². The quantitative estimate of drug-likeness (QED) is 0.710. The summed E-state index contributed by atoms with van der Waals surface area (Å²) in [6.07, 6.45) is 0. The summed E-state index contributed by atoms with van der Waals surface area (Å²) >= 11 is 7.68. The average molecular weight is 297 g/mol. The number of hydrogen-bond acceptors (Lipinski definition) is 5. The Bertz CT molecular complexity index is 880. The lowest BCUT2D eigenvalue weighted by Crippen LogP contribution is -2.22. The van der Waals surface area contributed by atoms with E-state index in [4.69, 9.17) is 12.2 Å². The van der Waals surface area contributed by atoms with Gasteiger partial charge < -0.3 is 9.97 Å². The van der Waals surface area contributed by atoms with Gasteiger partial charge in [0.05, 0.1) is 11.9 Å². The van der Waals surface area contributed by atoms with Gasteiger partial charge in [0.1, 0.15) is 4.83 Å². The van der Waals surface area contributed by atoms with E-state index >= 15 is 0 Å². The number of nitrogens with zero attached hydrogens (tertiary/aromatic N) is 1. The van der Waals surface area contributed by atoms with Crippen molar-refractivity contribution in [3.8, 4) is 0 Å². The highest BCUT2D eigenvalue weighted by Crippen LogP contribution is 2.14. The van der Waals surface area contributed by atoms with Crippen molar-refractivity contribution in [2.75, 3.05) is 0 Å². The highest BCUT2D eigenvalue weighted by molar-refractivity contribution is 7.71. The van der Waals surface area contributed by atoms with Gasteiger partial charge in [0.25, 0.3) is 5.56 Å². The van der Waals surface area contributed by atoms with Gasteiger partial charge in [0.2, 0.25) is 0 Å². The van der Waals surface area contributed by atoms with Crippen molar-refractivity contribution in [2.24, 2.45) is 0 Å². The minimum Gasteiger partial charge on any atom is -0.323 e. The fourth-order valence-corrected chi connectivity index (χ4v) is 3.35. The number of hydrogen-bond donors (Lipinski definition) is 2. The number of aromatic nitrogens is 3. The van der Waals surface area contributed by atoms with Gasteiger partial charge in [-0.25, -0.2) is 0 Å². The van der Waals surface area contributed by atoms with Gasteiger partial charge in [-0.2, -0.15) is 0 Å². The van der Waals surface area contributed by atoms with Crippen LogP contribution < -0.4 is 10.4 Å². The minimum atomic E-state index is -0.137. The van der Waals surface area contributed by atoms with Crippen molar-refractivity contribution in [1.82, 2.24) is 14.5 Å². The molecule has 3 rings (SSSR count). The highest BCUT2D eigenvalue weighted by atomic mass is 32.1. The van der Waals surface area contributed by atoms with Gasteiger partial charge in [-0.15, -0.1) is 11.3 Å². The molecule has 2 N–H and O–H groups in total. The van der Waals surface area contributed by atoms with Gasteiger partial charge in [-0.05, 0) is 23.7 Å². The Hall–Kier alpha value is -1.51. The molecule has 3 aromatic heterocycles. The molecule has 0 spiro atoms. The van der Waals surface area contributed by atoms with E-state index in [2.05, 4.69) is 9.97 Å². The van der Waals surface area contributed by atoms with Crippen molar-refractivity contribution in [3.63, 3.8) is 0 Å². The van der Waals surface area contributed by atoms with Crippen molar-refractivity contribution >= 4 is 45.1 Å². The Labute approximate surface area is 113 Å². The summed E-state index contributed by atoms with van der Waals surface area (Å²) in [4.78, 5) is 29.6. The maximum Gasteiger partial charge on any atom is 0.304 e. The van der Waals surface area contributed by atoms with Crippen LogP contribution in [0.15, 0.2) is 26.4 Å². The SMILES string of the molecule is O=c1[nH]c(Cn2c(=S)[nH]c3sccc3c2=O)cs1. The Morgan fingerprint density at radius 2 is 2.11 bits per heavy atom. The van der Waals surface area contributed by atoms with Gasteiger partial charge in [0, 0.05) is 11.1 Å². The molecule has 3 heterocycles. The largest absolute Gasteiger partial charge is 0.323 e. The van der Waals surface area contributed by atoms with Crippen LogP contribution in [-0.2, 0) is 6.54 Å². The van der Waals surface area contributed by atoms with E-state index in [1.54, 1.807) is 11.4 Å². The molecule has 0 radical (unpaired) electrons. The lowest BCUT2D eigenvalue weighted by molar-refractivity contribution is 0.720. The van der Waals surface area contributed by atoms with Gasteiger partial charge >= 0.3 is 4.87 Å². The van der Waals surface area contributed by atoms with Crippen LogP contribution in [0.3, 0.4) is 0 Å². The van der Waals surface area contributed by atoms with Gasteiger partial charge in [0.15, 0.2) is 4.77 Å². The Morgan fingerprint density at radius 1 is 1.28 bits per heavy atom. The van der Waals surface area contributed by atoms with Crippen LogP contribution >= 0.6 is 34.9 Å². The second-order valence-corrected chi connectivity index (χ2v) is 5.80. The molecule has 0 saturated heterocycles. The van der Waals surface area contributed by atoms with Crippen LogP contribution in [0.25, 0.3) is 10.2 Å². The normalized spacial score (nSPS) is 11.1. The van der Waals surface area contributed by atoms with E-state index in [-0.39, 0.29) is 17.0 Å². The molecule has 0 fully saturated rings. The van der Waals surface area contributed by atoms with Crippen molar-refractivity contribution in [2.45, 2.75) is 6.54 Å². The molecule has 0 aliphatic heterocycles. The molecular formula is C10H7N3O2S3. The fraction of sp³-hybridized carbons (Fsp3) is 0.100. The third-order valence-corrected chi connectivity index (χ3v) is 4.38. The lowest BCUT2D eigenvalue weighted by atomic mass is 10.4. The first-order chi connectivity index (χ1) is 8.65. The summed E-state index contributed by atoms with van der Waals surface area (Å²) in [7, 11) is 0. The monoisotopic (exact) mass is 297 g/mol. The summed E-state index contributed by atoms with van der Waals surface area (Å²) in [5.74, 6) is 0. The topological polar surface area (TPSA) is 70.7 Å². The summed E-state index contributed by atoms with van der Waals surface area (Å²) < 4.78 is 1.81. The first-order valence-corrected chi connectivity index (χ1v) is 7.19. The molecule has 0 amide bonds. The number of nitrogens with one attached hydrogen (secondary N) is 2. The molecule has 5 nitrogen and oxygen atoms in total. The number of thiazole rings is 1. The fourth-order valence-electron chi connectivity index (χ4n) is 1.68. The predicted octanol–water partition coefficient (Wildman–Crippen LogP) is 1.92. The van der Waals surface area contributed by atoms with Crippen molar-refractivity contribution < 1.29 is 0 Å². The molecule has 0 aliphatic rings. The molecular weight excluding hydrogens is 290 g/mol. The molecule has 0 aliphatic carbocycles. The zero-order valence-corrected chi connectivity index (χ0v) is 11.4. The smallest absolute Gasteiger partial charge is 0.304 e. The third kappa shape index (κ3) is 1.88. The number of fused-ring (bicyclic) bond motifs is 1. The summed E-state index contributed by atoms with van der Waals surface area (Å²) in [6.45, 7) is 0.276. The first kappa shape index (κ1) is 11.6. The molecule has 18 heavy (non-hydrogen) atoms. The molecule has 0 saturated carbocycles. The Morgan fingerprint density at radius 3 is 2.83 bits per heavy atom. The summed E-state index contributed by atoms with van der Waals surface area (Å²) in [5, 5.41) is 4.15. The molecule has 0 aromatic carbocycles. The predicted molar refractivity (Wildman–Crippen MR) is 75.3 cm³/mol. The van der Waals surface area contributed by atoms with E-state index < -0.39 is 0 Å². The van der Waals surface area contributed by atoms with E-state index in [0.29, 0.717) is 15.9 Å². The standard InChI is InChI=1S/C10H7N3O2S3/c14-8-6-1-2-17-7(6)12-9(16)13(8)3-5-4-18-10(15)11-5/h1-2,4H,3H2,(H,11,15)(H,12,16). The first-order valence-electron chi connectivity index (χ1n) is 5.02. The van der Waals surface area contributed by atoms with E-state index in [9.17, 15) is 9.59 Å². The number of thiophene rings is 1. The highest BCUT2D eigenvalue weighted by Gasteiger charge is 2.07. The minimum absolute atomic E-state index is 0.135. The van der Waals surface area contributed by atoms with E-state index in [0.717, 1.165) is 16.2 Å². The Kier molecular flexibility index (Phi) is 2.77. The number of rotatable bonds is 2. The molecule has 0 atom stereocenters. The van der Waals surface area contributed by atoms with Crippen LogP contribution in [0.4, 0.5) is 0 Å². The van der Waals surface area contributed by atoms with Crippen LogP contribution in [0.1, 0.15) is 5.69 Å². The second-order valence-electron chi connectivity index (χ2n) is 3.66. The summed E-state index contributed by atoms with van der Waals surface area (Å²) in [6, 6.07) is 1.76. The molecule has 92 valence electrons. The molecule has 0 bridgehead atoms. The van der Waals surface area contributed by atoms with E-state index in [1.807, 2.05) is 5.38 Å². The van der Waals surface area contributed by atoms with Gasteiger partial charge in [-0.3, -0.25) is 14.2 Å². The number of aromatic amines is 2. The van der Waals surface area contributed by atoms with Crippen LogP contribution in [0.2, 0.25) is 0 Å². The maximum absolute atomic E-state index is 12.2. The second kappa shape index (κ2) is 4.30. The Balaban J connectivity index is 2.19. The van der Waals surface area contributed by atoms with Crippen molar-refractivity contribution in [1.29, 1.82) is 0 Å². The zero-order chi connectivity index (χ0) is 12.7. The van der Waals surface area contributed by atoms with Crippen molar-refractivity contribution in [3.05, 3.63) is 47.3 Å². The lowest BCUT2D eigenvalue weighted by Gasteiger charge is -2.04. The number of H-pyrrole nitrogens is 2. The molecule has 8 heteroatoms. The van der Waals surface area contributed by atoms with Gasteiger partial charge in [-0.1, -0.05) is 11.3 Å². The zero-order valence-electron chi connectivity index (χ0n) is 8.93. The van der Waals surface area contributed by atoms with Crippen LogP contribution in [0, 0.1) is 4.77 Å². The van der Waals surface area contributed by atoms with Crippen LogP contribution in [-0.4, -0.2) is 14.5 Å². The summed E-state index contributed by atoms with van der Waals surface area (Å²) in [5.41, 5.74) is 0.545.